The first kappa shape index (κ1) is 22.5. The van der Waals surface area contributed by atoms with Gasteiger partial charge in [-0.3, -0.25) is 0 Å². The average molecular weight is 380 g/mol. The van der Waals surface area contributed by atoms with E-state index in [9.17, 15) is 10.2 Å². The lowest BCUT2D eigenvalue weighted by Crippen LogP contribution is -3.00. The molecular formula is C21H30ClNO3. The summed E-state index contributed by atoms with van der Waals surface area (Å²) in [4.78, 5) is 0. The zero-order valence-corrected chi connectivity index (χ0v) is 16.3. The fraction of sp³-hybridized carbons (Fsp3) is 0.429. The Morgan fingerprint density at radius 2 is 1.69 bits per heavy atom. The number of aliphatic hydroxyl groups excluding tert-OH is 2. The van der Waals surface area contributed by atoms with Crippen LogP contribution in [0.5, 0.6) is 5.75 Å². The number of aliphatic hydroxyl groups is 2. The largest absolute Gasteiger partial charge is 1.00 e. The molecule has 4 nitrogen and oxygen atoms in total. The minimum Gasteiger partial charge on any atom is -1.00 e. The summed E-state index contributed by atoms with van der Waals surface area (Å²) in [6.07, 6.45) is 0.554. The lowest BCUT2D eigenvalue weighted by molar-refractivity contribution is -0.695. The molecule has 0 spiro atoms. The molecular weight excluding hydrogens is 350 g/mol. The van der Waals surface area contributed by atoms with Gasteiger partial charge >= 0.3 is 0 Å². The Morgan fingerprint density at radius 3 is 2.38 bits per heavy atom. The van der Waals surface area contributed by atoms with Crippen molar-refractivity contribution in [3.63, 3.8) is 0 Å². The van der Waals surface area contributed by atoms with Gasteiger partial charge in [-0.25, -0.2) is 0 Å². The van der Waals surface area contributed by atoms with Gasteiger partial charge in [0, 0.05) is 6.42 Å². The molecule has 5 heteroatoms. The summed E-state index contributed by atoms with van der Waals surface area (Å²) in [6.45, 7) is 5.50. The maximum atomic E-state index is 10.4. The van der Waals surface area contributed by atoms with Gasteiger partial charge in [0.1, 0.15) is 17.9 Å². The van der Waals surface area contributed by atoms with Gasteiger partial charge in [-0.15, -0.1) is 0 Å². The average Bonchev–Trinajstić information content (AvgIpc) is 2.66. The summed E-state index contributed by atoms with van der Waals surface area (Å²) in [5, 5.41) is 22.9. The molecule has 2 rings (SSSR count). The first-order chi connectivity index (χ1) is 12.1. The molecule has 0 saturated carbocycles. The Kier molecular flexibility index (Phi) is 10.3. The smallest absolute Gasteiger partial charge is 0.130 e. The number of nitrogens with two attached hydrogens (primary N) is 1. The Bertz CT molecular complexity index is 624. The van der Waals surface area contributed by atoms with Crippen molar-refractivity contribution in [2.75, 3.05) is 13.2 Å². The zero-order chi connectivity index (χ0) is 18.1. The Hall–Kier alpha value is -1.59. The fourth-order valence-corrected chi connectivity index (χ4v) is 2.80. The molecule has 3 unspecified atom stereocenters. The maximum Gasteiger partial charge on any atom is 0.130 e. The van der Waals surface area contributed by atoms with Gasteiger partial charge in [-0.05, 0) is 36.6 Å². The summed E-state index contributed by atoms with van der Waals surface area (Å²) < 4.78 is 5.62. The van der Waals surface area contributed by atoms with E-state index in [1.54, 1.807) is 0 Å². The lowest BCUT2D eigenvalue weighted by atomic mass is 10.0. The highest BCUT2D eigenvalue weighted by Gasteiger charge is 2.19. The quantitative estimate of drug-likeness (QED) is 0.525. The minimum absolute atomic E-state index is 0. The predicted octanol–water partition coefficient (Wildman–Crippen LogP) is -0.412. The second kappa shape index (κ2) is 11.9. The summed E-state index contributed by atoms with van der Waals surface area (Å²) in [5.41, 5.74) is 1.80. The molecule has 0 saturated heterocycles. The van der Waals surface area contributed by atoms with Crippen molar-refractivity contribution in [2.24, 2.45) is 0 Å². The van der Waals surface area contributed by atoms with Gasteiger partial charge < -0.3 is 32.7 Å². The molecule has 4 N–H and O–H groups in total. The summed E-state index contributed by atoms with van der Waals surface area (Å²) >= 11 is 0. The van der Waals surface area contributed by atoms with Crippen LogP contribution in [0.15, 0.2) is 54.6 Å². The van der Waals surface area contributed by atoms with Crippen LogP contribution in [-0.2, 0) is 0 Å². The van der Waals surface area contributed by atoms with E-state index in [1.165, 1.54) is 0 Å². The molecule has 0 aromatic heterocycles. The van der Waals surface area contributed by atoms with Crippen molar-refractivity contribution in [2.45, 2.75) is 44.9 Å². The molecule has 0 aliphatic rings. The van der Waals surface area contributed by atoms with Crippen molar-refractivity contribution >= 4 is 0 Å². The van der Waals surface area contributed by atoms with Gasteiger partial charge in [-0.1, -0.05) is 49.4 Å². The second-order valence-electron chi connectivity index (χ2n) is 6.46. The lowest BCUT2D eigenvalue weighted by Gasteiger charge is -2.19. The Labute approximate surface area is 162 Å². The van der Waals surface area contributed by atoms with Crippen molar-refractivity contribution in [3.8, 4) is 5.75 Å². The number of benzene rings is 2. The molecule has 0 amide bonds. The van der Waals surface area contributed by atoms with Gasteiger partial charge in [0.05, 0.1) is 19.3 Å². The minimum atomic E-state index is -0.525. The third-order valence-corrected chi connectivity index (χ3v) is 4.33. The van der Waals surface area contributed by atoms with Gasteiger partial charge in [0.2, 0.25) is 0 Å². The maximum absolute atomic E-state index is 10.4. The summed E-state index contributed by atoms with van der Waals surface area (Å²) in [6, 6.07) is 17.4. The van der Waals surface area contributed by atoms with Crippen molar-refractivity contribution in [3.05, 3.63) is 65.7 Å². The molecule has 26 heavy (non-hydrogen) atoms. The van der Waals surface area contributed by atoms with E-state index in [4.69, 9.17) is 4.74 Å². The number of rotatable bonds is 10. The van der Waals surface area contributed by atoms with E-state index in [0.29, 0.717) is 13.0 Å². The van der Waals surface area contributed by atoms with E-state index in [2.05, 4.69) is 12.2 Å². The molecule has 3 atom stereocenters. The highest BCUT2D eigenvalue weighted by atomic mass is 35.5. The van der Waals surface area contributed by atoms with Crippen LogP contribution in [0.4, 0.5) is 0 Å². The molecule has 0 aliphatic heterocycles. The van der Waals surface area contributed by atoms with E-state index in [-0.39, 0.29) is 18.4 Å². The molecule has 0 bridgehead atoms. The number of hydrogen-bond acceptors (Lipinski definition) is 3. The molecule has 0 heterocycles. The van der Waals surface area contributed by atoms with Crippen LogP contribution in [0.1, 0.15) is 50.0 Å². The summed E-state index contributed by atoms with van der Waals surface area (Å²) in [5.74, 6) is 0.801. The normalized spacial score (nSPS) is 14.2. The monoisotopic (exact) mass is 379 g/mol. The Morgan fingerprint density at radius 1 is 1.00 bits per heavy atom. The number of quaternary nitrogens is 1. The third kappa shape index (κ3) is 6.96. The van der Waals surface area contributed by atoms with E-state index in [0.717, 1.165) is 29.8 Å². The number of halogens is 1. The van der Waals surface area contributed by atoms with Crippen molar-refractivity contribution < 1.29 is 32.7 Å². The fourth-order valence-electron chi connectivity index (χ4n) is 2.80. The predicted molar refractivity (Wildman–Crippen MR) is 99.5 cm³/mol. The van der Waals surface area contributed by atoms with E-state index in [1.807, 2.05) is 61.5 Å². The van der Waals surface area contributed by atoms with Crippen LogP contribution in [-0.4, -0.2) is 29.4 Å². The van der Waals surface area contributed by atoms with Crippen LogP contribution in [0.3, 0.4) is 0 Å². The molecule has 2 aromatic carbocycles. The number of ether oxygens (including phenoxy) is 1. The van der Waals surface area contributed by atoms with Gasteiger partial charge in [0.25, 0.3) is 0 Å². The first-order valence-electron chi connectivity index (χ1n) is 9.09. The van der Waals surface area contributed by atoms with Crippen LogP contribution in [0, 0.1) is 0 Å². The van der Waals surface area contributed by atoms with Crippen LogP contribution in [0.2, 0.25) is 0 Å². The molecule has 0 aliphatic carbocycles. The molecule has 0 fully saturated rings. The number of hydrogen-bond donors (Lipinski definition) is 3. The standard InChI is InChI=1S/C21H29NO3.ClH/c1-3-14-25-19-11-7-10-18(15-19)20(23)12-13-22-16(2)21(24)17-8-5-4-6-9-17;/h4-11,15-16,20-24H,3,12-14H2,1-2H3;1H. The first-order valence-corrected chi connectivity index (χ1v) is 9.09. The van der Waals surface area contributed by atoms with Crippen molar-refractivity contribution in [1.29, 1.82) is 0 Å². The molecule has 0 radical (unpaired) electrons. The molecule has 144 valence electrons. The third-order valence-electron chi connectivity index (χ3n) is 4.33. The topological polar surface area (TPSA) is 66.3 Å². The second-order valence-corrected chi connectivity index (χ2v) is 6.46. The van der Waals surface area contributed by atoms with Gasteiger partial charge in [0.15, 0.2) is 0 Å². The highest BCUT2D eigenvalue weighted by molar-refractivity contribution is 5.29. The highest BCUT2D eigenvalue weighted by Crippen LogP contribution is 2.21. The van der Waals surface area contributed by atoms with Crippen molar-refractivity contribution in [1.82, 2.24) is 0 Å². The van der Waals surface area contributed by atoms with Crippen LogP contribution in [0.25, 0.3) is 0 Å². The van der Waals surface area contributed by atoms with E-state index < -0.39 is 12.2 Å². The van der Waals surface area contributed by atoms with Crippen LogP contribution < -0.4 is 22.5 Å². The SMILES string of the molecule is CCCOc1cccc(C(O)CC[NH2+]C(C)C(O)c2ccccc2)c1.[Cl-]. The summed E-state index contributed by atoms with van der Waals surface area (Å²) in [7, 11) is 0. The Balaban J connectivity index is 0.00000338. The van der Waals surface area contributed by atoms with Crippen LogP contribution >= 0.6 is 0 Å². The molecule has 2 aromatic rings. The zero-order valence-electron chi connectivity index (χ0n) is 15.5. The van der Waals surface area contributed by atoms with E-state index >= 15 is 0 Å². The van der Waals surface area contributed by atoms with Gasteiger partial charge in [-0.2, -0.15) is 0 Å².